The SMILES string of the molecule is CCOc1cc(/C=C2\C(=O)NC(=O)N(c3cc4c5c(c3)[C@@H](c3ccccc3)CCN5CC[C@@H]4c3ccccc3)C2=O)cc(Br)c1OC. The van der Waals surface area contributed by atoms with Crippen molar-refractivity contribution in [3.63, 3.8) is 0 Å². The third kappa shape index (κ3) is 5.58. The first-order valence-electron chi connectivity index (χ1n) is 15.8. The van der Waals surface area contributed by atoms with Crippen LogP contribution in [-0.4, -0.2) is 44.7 Å². The Balaban J connectivity index is 1.37. The van der Waals surface area contributed by atoms with Crippen molar-refractivity contribution in [2.45, 2.75) is 31.6 Å². The zero-order valence-corrected chi connectivity index (χ0v) is 27.8. The van der Waals surface area contributed by atoms with Crippen molar-refractivity contribution in [1.82, 2.24) is 5.32 Å². The third-order valence-electron chi connectivity index (χ3n) is 9.21. The topological polar surface area (TPSA) is 88.2 Å². The standard InChI is InChI=1S/C38H34BrN3O5/c1-3-47-33-20-23(19-32(39)35(33)46-2)18-31-36(43)40-38(45)42(37(31)44)26-21-29-27(24-10-6-4-7-11-24)14-16-41-17-15-28(30(22-26)34(29)41)25-12-8-5-9-13-25/h4-13,18-22,27-28H,3,14-17H2,1-2H3,(H,40,43,45)/b31-18+/t27-,28-/m1/s1. The van der Waals surface area contributed by atoms with E-state index in [0.29, 0.717) is 33.8 Å². The number of urea groups is 1. The van der Waals surface area contributed by atoms with E-state index in [1.807, 2.05) is 55.5 Å². The van der Waals surface area contributed by atoms with Crippen LogP contribution in [0.1, 0.15) is 59.4 Å². The van der Waals surface area contributed by atoms with Gasteiger partial charge in [0, 0.05) is 30.6 Å². The zero-order chi connectivity index (χ0) is 32.7. The highest BCUT2D eigenvalue weighted by atomic mass is 79.9. The van der Waals surface area contributed by atoms with Gasteiger partial charge >= 0.3 is 6.03 Å². The number of hydrogen-bond acceptors (Lipinski definition) is 6. The van der Waals surface area contributed by atoms with Gasteiger partial charge in [-0.3, -0.25) is 14.9 Å². The van der Waals surface area contributed by atoms with Crippen molar-refractivity contribution in [2.75, 3.05) is 36.6 Å². The number of anilines is 2. The molecule has 0 aliphatic carbocycles. The molecule has 4 aromatic carbocycles. The van der Waals surface area contributed by atoms with Crippen LogP contribution in [0.2, 0.25) is 0 Å². The molecule has 1 fully saturated rings. The van der Waals surface area contributed by atoms with Gasteiger partial charge in [0.25, 0.3) is 11.8 Å². The van der Waals surface area contributed by atoms with Gasteiger partial charge in [-0.2, -0.15) is 0 Å². The fourth-order valence-electron chi connectivity index (χ4n) is 7.16. The summed E-state index contributed by atoms with van der Waals surface area (Å²) < 4.78 is 11.8. The largest absolute Gasteiger partial charge is 0.492 e. The lowest BCUT2D eigenvalue weighted by Crippen LogP contribution is -2.54. The molecule has 1 N–H and O–H groups in total. The molecule has 47 heavy (non-hydrogen) atoms. The fraction of sp³-hybridized carbons (Fsp3) is 0.237. The number of methoxy groups -OCH3 is 1. The van der Waals surface area contributed by atoms with Gasteiger partial charge in [-0.05, 0) is 93.9 Å². The number of halogens is 1. The first-order valence-corrected chi connectivity index (χ1v) is 16.6. The minimum absolute atomic E-state index is 0.0870. The molecule has 3 aliphatic rings. The number of nitrogens with zero attached hydrogens (tertiary/aromatic N) is 2. The van der Waals surface area contributed by atoms with Crippen molar-refractivity contribution in [3.05, 3.63) is 123 Å². The highest BCUT2D eigenvalue weighted by Gasteiger charge is 2.40. The molecule has 0 aromatic heterocycles. The van der Waals surface area contributed by atoms with E-state index in [2.05, 4.69) is 50.4 Å². The molecule has 4 aromatic rings. The number of benzene rings is 4. The van der Waals surface area contributed by atoms with Crippen LogP contribution in [0.4, 0.5) is 16.2 Å². The number of rotatable bonds is 7. The number of nitrogens with one attached hydrogen (secondary N) is 1. The smallest absolute Gasteiger partial charge is 0.335 e. The first-order chi connectivity index (χ1) is 22.9. The number of barbiturate groups is 1. The predicted molar refractivity (Wildman–Crippen MR) is 185 cm³/mol. The number of hydrogen-bond donors (Lipinski definition) is 1. The Morgan fingerprint density at radius 2 is 1.47 bits per heavy atom. The van der Waals surface area contributed by atoms with Crippen LogP contribution in [0.25, 0.3) is 6.08 Å². The van der Waals surface area contributed by atoms with Crippen molar-refractivity contribution < 1.29 is 23.9 Å². The molecule has 3 heterocycles. The van der Waals surface area contributed by atoms with Gasteiger partial charge < -0.3 is 14.4 Å². The van der Waals surface area contributed by atoms with E-state index in [1.54, 1.807) is 12.1 Å². The van der Waals surface area contributed by atoms with E-state index in [0.717, 1.165) is 42.0 Å². The van der Waals surface area contributed by atoms with Crippen molar-refractivity contribution in [2.24, 2.45) is 0 Å². The molecule has 9 heteroatoms. The lowest BCUT2D eigenvalue weighted by Gasteiger charge is -2.44. The van der Waals surface area contributed by atoms with Crippen LogP contribution >= 0.6 is 15.9 Å². The van der Waals surface area contributed by atoms with E-state index in [9.17, 15) is 14.4 Å². The van der Waals surface area contributed by atoms with Gasteiger partial charge in [-0.15, -0.1) is 0 Å². The molecule has 7 rings (SSSR count). The summed E-state index contributed by atoms with van der Waals surface area (Å²) in [6, 6.07) is 27.4. The minimum Gasteiger partial charge on any atom is -0.492 e. The Hall–Kier alpha value is -4.89. The average Bonchev–Trinajstić information content (AvgIpc) is 3.08. The second-order valence-corrected chi connectivity index (χ2v) is 12.7. The summed E-state index contributed by atoms with van der Waals surface area (Å²) in [7, 11) is 1.54. The molecule has 2 atom stereocenters. The highest BCUT2D eigenvalue weighted by Crippen LogP contribution is 2.50. The van der Waals surface area contributed by atoms with Gasteiger partial charge in [0.2, 0.25) is 0 Å². The summed E-state index contributed by atoms with van der Waals surface area (Å²) in [5.74, 6) is -0.302. The summed E-state index contributed by atoms with van der Waals surface area (Å²) in [6.45, 7) is 4.10. The summed E-state index contributed by atoms with van der Waals surface area (Å²) in [6.07, 6.45) is 3.30. The Morgan fingerprint density at radius 1 is 0.872 bits per heavy atom. The van der Waals surface area contributed by atoms with E-state index >= 15 is 0 Å². The van der Waals surface area contributed by atoms with Gasteiger partial charge in [0.05, 0.1) is 23.9 Å². The van der Waals surface area contributed by atoms with E-state index in [-0.39, 0.29) is 17.4 Å². The molecule has 0 unspecified atom stereocenters. The van der Waals surface area contributed by atoms with E-state index < -0.39 is 17.8 Å². The molecule has 1 saturated heterocycles. The Labute approximate surface area is 282 Å². The number of imide groups is 2. The van der Waals surface area contributed by atoms with Crippen molar-refractivity contribution in [1.29, 1.82) is 0 Å². The fourth-order valence-corrected chi connectivity index (χ4v) is 7.78. The Kier molecular flexibility index (Phi) is 8.32. The normalized spacial score (nSPS) is 19.8. The molecular weight excluding hydrogens is 658 g/mol. The molecule has 4 amide bonds. The van der Waals surface area contributed by atoms with Crippen LogP contribution in [-0.2, 0) is 9.59 Å². The number of amides is 4. The van der Waals surface area contributed by atoms with Gasteiger partial charge in [0.15, 0.2) is 11.5 Å². The lowest BCUT2D eigenvalue weighted by molar-refractivity contribution is -0.122. The van der Waals surface area contributed by atoms with Gasteiger partial charge in [-0.1, -0.05) is 60.7 Å². The van der Waals surface area contributed by atoms with E-state index in [1.165, 1.54) is 30.0 Å². The maximum absolute atomic E-state index is 14.2. The number of carbonyl (C=O) groups excluding carboxylic acids is 3. The van der Waals surface area contributed by atoms with Crippen LogP contribution in [0.5, 0.6) is 11.5 Å². The predicted octanol–water partition coefficient (Wildman–Crippen LogP) is 7.40. The molecule has 0 saturated carbocycles. The van der Waals surface area contributed by atoms with E-state index in [4.69, 9.17) is 9.47 Å². The Bertz CT molecular complexity index is 1840. The number of carbonyl (C=O) groups is 3. The van der Waals surface area contributed by atoms with Crippen molar-refractivity contribution in [3.8, 4) is 11.5 Å². The van der Waals surface area contributed by atoms with Crippen molar-refractivity contribution >= 4 is 51.2 Å². The van der Waals surface area contributed by atoms with Gasteiger partial charge in [-0.25, -0.2) is 9.69 Å². The lowest BCUT2D eigenvalue weighted by atomic mass is 9.76. The molecular formula is C38H34BrN3O5. The van der Waals surface area contributed by atoms with Crippen LogP contribution in [0, 0.1) is 0 Å². The number of ether oxygens (including phenoxy) is 2. The molecule has 0 radical (unpaired) electrons. The quantitative estimate of drug-likeness (QED) is 0.161. The van der Waals surface area contributed by atoms with Gasteiger partial charge in [0.1, 0.15) is 5.57 Å². The zero-order valence-electron chi connectivity index (χ0n) is 26.2. The summed E-state index contributed by atoms with van der Waals surface area (Å²) in [5, 5.41) is 2.41. The summed E-state index contributed by atoms with van der Waals surface area (Å²) >= 11 is 3.50. The molecule has 238 valence electrons. The maximum atomic E-state index is 14.2. The molecule has 0 bridgehead atoms. The minimum atomic E-state index is -0.772. The van der Waals surface area contributed by atoms with Crippen LogP contribution < -0.4 is 24.6 Å². The van der Waals surface area contributed by atoms with Crippen LogP contribution in [0.3, 0.4) is 0 Å². The second kappa shape index (κ2) is 12.7. The second-order valence-electron chi connectivity index (χ2n) is 11.9. The summed E-state index contributed by atoms with van der Waals surface area (Å²) in [4.78, 5) is 44.5. The molecule has 8 nitrogen and oxygen atoms in total. The average molecular weight is 693 g/mol. The monoisotopic (exact) mass is 691 g/mol. The Morgan fingerprint density at radius 3 is 2.02 bits per heavy atom. The third-order valence-corrected chi connectivity index (χ3v) is 9.80. The molecule has 0 spiro atoms. The molecule has 3 aliphatic heterocycles. The highest BCUT2D eigenvalue weighted by molar-refractivity contribution is 9.10. The summed E-state index contributed by atoms with van der Waals surface area (Å²) in [5.41, 5.74) is 6.55. The van der Waals surface area contributed by atoms with Crippen LogP contribution in [0.15, 0.2) is 95.0 Å². The first kappa shape index (κ1) is 30.7. The maximum Gasteiger partial charge on any atom is 0.335 e.